The maximum atomic E-state index is 12.2. The molecule has 3 rings (SSSR count). The fraction of sp³-hybridized carbons (Fsp3) is 0.333. The molecule has 0 bridgehead atoms. The monoisotopic (exact) mass is 255 g/mol. The van der Waals surface area contributed by atoms with Gasteiger partial charge in [0.05, 0.1) is 11.4 Å². The van der Waals surface area contributed by atoms with Crippen LogP contribution in [0.1, 0.15) is 23.6 Å². The van der Waals surface area contributed by atoms with E-state index in [0.717, 1.165) is 17.8 Å². The summed E-state index contributed by atoms with van der Waals surface area (Å²) in [6, 6.07) is 10.2. The van der Waals surface area contributed by atoms with Crippen molar-refractivity contribution in [1.82, 2.24) is 9.78 Å². The lowest BCUT2D eigenvalue weighted by atomic mass is 10.1. The average molecular weight is 255 g/mol. The Bertz CT molecular complexity index is 603. The Labute approximate surface area is 112 Å². The first kappa shape index (κ1) is 12.0. The van der Waals surface area contributed by atoms with Gasteiger partial charge in [-0.25, -0.2) is 0 Å². The average Bonchev–Trinajstić information content (AvgIpc) is 3.13. The summed E-state index contributed by atoms with van der Waals surface area (Å²) in [5.74, 6) is 0.574. The van der Waals surface area contributed by atoms with Crippen molar-refractivity contribution >= 4 is 11.6 Å². The highest BCUT2D eigenvalue weighted by atomic mass is 16.2. The maximum absolute atomic E-state index is 12.2. The molecule has 4 nitrogen and oxygen atoms in total. The molecule has 0 aliphatic heterocycles. The predicted molar refractivity (Wildman–Crippen MR) is 73.9 cm³/mol. The highest BCUT2D eigenvalue weighted by molar-refractivity contribution is 5.95. The third-order valence-electron chi connectivity index (χ3n) is 3.63. The van der Waals surface area contributed by atoms with Crippen molar-refractivity contribution in [3.05, 3.63) is 47.8 Å². The molecule has 98 valence electrons. The number of hydrogen-bond acceptors (Lipinski definition) is 2. The van der Waals surface area contributed by atoms with E-state index < -0.39 is 0 Å². The van der Waals surface area contributed by atoms with Crippen LogP contribution >= 0.6 is 0 Å². The van der Waals surface area contributed by atoms with Crippen LogP contribution < -0.4 is 5.32 Å². The summed E-state index contributed by atoms with van der Waals surface area (Å²) in [4.78, 5) is 12.2. The highest BCUT2D eigenvalue weighted by Gasteiger charge is 2.43. The third kappa shape index (κ3) is 2.38. The van der Waals surface area contributed by atoms with E-state index in [4.69, 9.17) is 0 Å². The van der Waals surface area contributed by atoms with E-state index in [9.17, 15) is 4.79 Å². The SMILES string of the molecule is Cc1nn(C)cc1NC(=O)[C@H]1C[C@H]1c1ccccc1. The van der Waals surface area contributed by atoms with Crippen molar-refractivity contribution in [2.45, 2.75) is 19.3 Å². The first-order valence-electron chi connectivity index (χ1n) is 6.51. The summed E-state index contributed by atoms with van der Waals surface area (Å²) in [6.45, 7) is 1.90. The standard InChI is InChI=1S/C15H17N3O/c1-10-14(9-18(2)17-10)16-15(19)13-8-12(13)11-6-4-3-5-7-11/h3-7,9,12-13H,8H2,1-2H3,(H,16,19)/t12-,13-/m0/s1. The number of benzene rings is 1. The Hall–Kier alpha value is -2.10. The van der Waals surface area contributed by atoms with E-state index >= 15 is 0 Å². The van der Waals surface area contributed by atoms with Crippen LogP contribution in [0, 0.1) is 12.8 Å². The minimum Gasteiger partial charge on any atom is -0.323 e. The highest BCUT2D eigenvalue weighted by Crippen LogP contribution is 2.47. The molecule has 1 fully saturated rings. The summed E-state index contributed by atoms with van der Waals surface area (Å²) in [7, 11) is 1.85. The Morgan fingerprint density at radius 1 is 1.37 bits per heavy atom. The van der Waals surface area contributed by atoms with Crippen LogP contribution in [0.5, 0.6) is 0 Å². The summed E-state index contributed by atoms with van der Waals surface area (Å²) >= 11 is 0. The smallest absolute Gasteiger partial charge is 0.228 e. The Morgan fingerprint density at radius 2 is 2.11 bits per heavy atom. The minimum atomic E-state index is 0.0991. The van der Waals surface area contributed by atoms with E-state index in [1.165, 1.54) is 5.56 Å². The van der Waals surface area contributed by atoms with Crippen LogP contribution in [0.3, 0.4) is 0 Å². The van der Waals surface area contributed by atoms with Crippen LogP contribution in [0.2, 0.25) is 0 Å². The molecule has 0 radical (unpaired) electrons. The zero-order valence-electron chi connectivity index (χ0n) is 11.1. The number of nitrogens with one attached hydrogen (secondary N) is 1. The van der Waals surface area contributed by atoms with Gasteiger partial charge in [-0.3, -0.25) is 9.48 Å². The van der Waals surface area contributed by atoms with Gasteiger partial charge in [0.2, 0.25) is 5.91 Å². The fourth-order valence-electron chi connectivity index (χ4n) is 2.50. The number of aryl methyl sites for hydroxylation is 2. The molecule has 2 aromatic rings. The van der Waals surface area contributed by atoms with Gasteiger partial charge in [-0.05, 0) is 24.8 Å². The van der Waals surface area contributed by atoms with Crippen LogP contribution in [0.25, 0.3) is 0 Å². The van der Waals surface area contributed by atoms with Crippen molar-refractivity contribution in [3.63, 3.8) is 0 Å². The van der Waals surface area contributed by atoms with Gasteiger partial charge in [-0.1, -0.05) is 30.3 Å². The Morgan fingerprint density at radius 3 is 2.74 bits per heavy atom. The topological polar surface area (TPSA) is 46.9 Å². The molecule has 19 heavy (non-hydrogen) atoms. The van der Waals surface area contributed by atoms with Crippen molar-refractivity contribution in [2.24, 2.45) is 13.0 Å². The van der Waals surface area contributed by atoms with Gasteiger partial charge in [-0.2, -0.15) is 5.10 Å². The van der Waals surface area contributed by atoms with Gasteiger partial charge >= 0.3 is 0 Å². The first-order valence-corrected chi connectivity index (χ1v) is 6.51. The summed E-state index contributed by atoms with van der Waals surface area (Å²) < 4.78 is 1.71. The van der Waals surface area contributed by atoms with E-state index in [-0.39, 0.29) is 11.8 Å². The van der Waals surface area contributed by atoms with Crippen molar-refractivity contribution in [1.29, 1.82) is 0 Å². The van der Waals surface area contributed by atoms with Crippen LogP contribution in [-0.2, 0) is 11.8 Å². The largest absolute Gasteiger partial charge is 0.323 e. The van der Waals surface area contributed by atoms with Crippen LogP contribution in [0.4, 0.5) is 5.69 Å². The summed E-state index contributed by atoms with van der Waals surface area (Å²) in [5, 5.41) is 7.19. The van der Waals surface area contributed by atoms with Gasteiger partial charge in [0.1, 0.15) is 0 Å². The van der Waals surface area contributed by atoms with Crippen LogP contribution in [0.15, 0.2) is 36.5 Å². The lowest BCUT2D eigenvalue weighted by molar-refractivity contribution is -0.117. The van der Waals surface area contributed by atoms with Crippen molar-refractivity contribution in [2.75, 3.05) is 5.32 Å². The number of nitrogens with zero attached hydrogens (tertiary/aromatic N) is 2. The zero-order chi connectivity index (χ0) is 13.4. The van der Waals surface area contributed by atoms with Crippen molar-refractivity contribution in [3.8, 4) is 0 Å². The number of aromatic nitrogens is 2. The molecule has 0 spiro atoms. The molecule has 1 aromatic carbocycles. The molecule has 0 unspecified atom stereocenters. The number of rotatable bonds is 3. The molecular weight excluding hydrogens is 238 g/mol. The molecule has 0 saturated heterocycles. The molecule has 2 atom stereocenters. The number of carbonyl (C=O) groups is 1. The third-order valence-corrected chi connectivity index (χ3v) is 3.63. The Balaban J connectivity index is 1.66. The van der Waals surface area contributed by atoms with Gasteiger partial charge < -0.3 is 5.32 Å². The molecule has 1 aliphatic carbocycles. The van der Waals surface area contributed by atoms with Gasteiger partial charge in [0, 0.05) is 19.2 Å². The van der Waals surface area contributed by atoms with Gasteiger partial charge in [0.15, 0.2) is 0 Å². The molecule has 1 amide bonds. The summed E-state index contributed by atoms with van der Waals surface area (Å²) in [5.41, 5.74) is 2.92. The molecular formula is C15H17N3O. The lowest BCUT2D eigenvalue weighted by Crippen LogP contribution is -2.14. The number of hydrogen-bond donors (Lipinski definition) is 1. The molecule has 1 heterocycles. The predicted octanol–water partition coefficient (Wildman–Crippen LogP) is 2.47. The van der Waals surface area contributed by atoms with Crippen LogP contribution in [-0.4, -0.2) is 15.7 Å². The Kier molecular flexibility index (Phi) is 2.85. The van der Waals surface area contributed by atoms with Gasteiger partial charge in [-0.15, -0.1) is 0 Å². The summed E-state index contributed by atoms with van der Waals surface area (Å²) in [6.07, 6.45) is 2.78. The molecule has 1 aromatic heterocycles. The number of carbonyl (C=O) groups excluding carboxylic acids is 1. The number of amides is 1. The lowest BCUT2D eigenvalue weighted by Gasteiger charge is -2.03. The number of anilines is 1. The van der Waals surface area contributed by atoms with E-state index in [2.05, 4.69) is 22.5 Å². The fourth-order valence-corrected chi connectivity index (χ4v) is 2.50. The molecule has 1 aliphatic rings. The maximum Gasteiger partial charge on any atom is 0.228 e. The first-order chi connectivity index (χ1) is 9.15. The molecule has 4 heteroatoms. The minimum absolute atomic E-state index is 0.0991. The normalized spacial score (nSPS) is 21.2. The van der Waals surface area contributed by atoms with E-state index in [1.807, 2.05) is 38.4 Å². The van der Waals surface area contributed by atoms with E-state index in [0.29, 0.717) is 5.92 Å². The van der Waals surface area contributed by atoms with Crippen molar-refractivity contribution < 1.29 is 4.79 Å². The van der Waals surface area contributed by atoms with E-state index in [1.54, 1.807) is 4.68 Å². The molecule has 1 saturated carbocycles. The second kappa shape index (κ2) is 4.53. The second-order valence-corrected chi connectivity index (χ2v) is 5.15. The second-order valence-electron chi connectivity index (χ2n) is 5.15. The molecule has 1 N–H and O–H groups in total. The van der Waals surface area contributed by atoms with Gasteiger partial charge in [0.25, 0.3) is 0 Å². The zero-order valence-corrected chi connectivity index (χ0v) is 11.1. The quantitative estimate of drug-likeness (QED) is 0.915.